The smallest absolute Gasteiger partial charge is 0.257 e. The van der Waals surface area contributed by atoms with Crippen LogP contribution >= 0.6 is 12.2 Å². The third kappa shape index (κ3) is 4.33. The fraction of sp³-hybridized carbons (Fsp3) is 0.0741. The molecule has 0 bridgehead atoms. The number of aromatic nitrogens is 1. The second-order valence-corrected chi connectivity index (χ2v) is 8.38. The highest BCUT2D eigenvalue weighted by Gasteiger charge is 2.12. The van der Waals surface area contributed by atoms with Crippen LogP contribution in [-0.4, -0.2) is 16.0 Å². The highest BCUT2D eigenvalue weighted by Crippen LogP contribution is 2.27. The number of amides is 1. The van der Waals surface area contributed by atoms with Crippen LogP contribution in [0.15, 0.2) is 83.3 Å². The number of hydrogen-bond donors (Lipinski definition) is 2. The molecule has 162 valence electrons. The van der Waals surface area contributed by atoms with Crippen molar-refractivity contribution in [2.24, 2.45) is 0 Å². The van der Waals surface area contributed by atoms with E-state index in [1.54, 1.807) is 6.07 Å². The third-order valence-corrected chi connectivity index (χ3v) is 5.84. The fourth-order valence-electron chi connectivity index (χ4n) is 3.67. The normalized spacial score (nSPS) is 11.0. The molecule has 0 unspecified atom stereocenters. The van der Waals surface area contributed by atoms with Crippen molar-refractivity contribution in [1.82, 2.24) is 10.3 Å². The number of benzene rings is 4. The van der Waals surface area contributed by atoms with Gasteiger partial charge in [-0.15, -0.1) is 0 Å². The number of oxazole rings is 1. The Labute approximate surface area is 196 Å². The summed E-state index contributed by atoms with van der Waals surface area (Å²) >= 11 is 5.35. The van der Waals surface area contributed by atoms with Crippen molar-refractivity contribution < 1.29 is 9.21 Å². The van der Waals surface area contributed by atoms with Gasteiger partial charge in [0.1, 0.15) is 5.52 Å². The lowest BCUT2D eigenvalue weighted by Gasteiger charge is -2.10. The lowest BCUT2D eigenvalue weighted by atomic mass is 10.1. The molecule has 0 aliphatic heterocycles. The summed E-state index contributed by atoms with van der Waals surface area (Å²) in [6, 6.07) is 25.1. The van der Waals surface area contributed by atoms with E-state index in [-0.39, 0.29) is 11.0 Å². The van der Waals surface area contributed by atoms with Crippen LogP contribution in [0.4, 0.5) is 5.69 Å². The SMILES string of the molecule is Cc1ccc(-c2nc3cc(NC(=S)NC(=O)c4ccc5ccccc5c4)ccc3o2)cc1C. The van der Waals surface area contributed by atoms with E-state index in [0.29, 0.717) is 28.2 Å². The van der Waals surface area contributed by atoms with Crippen LogP contribution in [0, 0.1) is 13.8 Å². The minimum Gasteiger partial charge on any atom is -0.436 e. The zero-order valence-electron chi connectivity index (χ0n) is 18.2. The number of carbonyl (C=O) groups is 1. The molecule has 5 aromatic rings. The maximum Gasteiger partial charge on any atom is 0.257 e. The lowest BCUT2D eigenvalue weighted by Crippen LogP contribution is -2.34. The first-order valence-electron chi connectivity index (χ1n) is 10.6. The van der Waals surface area contributed by atoms with Gasteiger partial charge in [0.25, 0.3) is 5.91 Å². The number of anilines is 1. The van der Waals surface area contributed by atoms with E-state index < -0.39 is 0 Å². The molecule has 5 rings (SSSR count). The number of fused-ring (bicyclic) bond motifs is 2. The third-order valence-electron chi connectivity index (χ3n) is 5.64. The predicted octanol–water partition coefficient (Wildman–Crippen LogP) is 6.39. The number of nitrogens with zero attached hydrogens (tertiary/aromatic N) is 1. The van der Waals surface area contributed by atoms with Crippen LogP contribution in [0.2, 0.25) is 0 Å². The summed E-state index contributed by atoms with van der Waals surface area (Å²) in [5.41, 5.74) is 5.98. The fourth-order valence-corrected chi connectivity index (χ4v) is 3.88. The van der Waals surface area contributed by atoms with Crippen molar-refractivity contribution in [1.29, 1.82) is 0 Å². The molecule has 1 amide bonds. The van der Waals surface area contributed by atoms with Crippen LogP contribution in [0.1, 0.15) is 21.5 Å². The molecule has 1 aromatic heterocycles. The van der Waals surface area contributed by atoms with Gasteiger partial charge in [0.15, 0.2) is 10.7 Å². The lowest BCUT2D eigenvalue weighted by molar-refractivity contribution is 0.0978. The molecule has 2 N–H and O–H groups in total. The number of rotatable bonds is 3. The van der Waals surface area contributed by atoms with E-state index in [9.17, 15) is 4.79 Å². The molecule has 1 heterocycles. The minimum absolute atomic E-state index is 0.213. The molecule has 0 saturated heterocycles. The van der Waals surface area contributed by atoms with Gasteiger partial charge in [-0.2, -0.15) is 0 Å². The molecular formula is C27H21N3O2S. The molecule has 33 heavy (non-hydrogen) atoms. The summed E-state index contributed by atoms with van der Waals surface area (Å²) in [7, 11) is 0. The van der Waals surface area contributed by atoms with Crippen LogP contribution in [0.3, 0.4) is 0 Å². The summed E-state index contributed by atoms with van der Waals surface area (Å²) in [6.07, 6.45) is 0. The molecule has 5 nitrogen and oxygen atoms in total. The Hall–Kier alpha value is -4.03. The Bertz CT molecular complexity index is 1540. The highest BCUT2D eigenvalue weighted by atomic mass is 32.1. The Kier molecular flexibility index (Phi) is 5.36. The number of hydrogen-bond acceptors (Lipinski definition) is 4. The second kappa shape index (κ2) is 8.48. The van der Waals surface area contributed by atoms with Crippen molar-refractivity contribution in [3.05, 3.63) is 95.6 Å². The number of aryl methyl sites for hydroxylation is 2. The first kappa shape index (κ1) is 20.8. The molecule has 0 fully saturated rings. The van der Waals surface area contributed by atoms with Crippen molar-refractivity contribution in [2.45, 2.75) is 13.8 Å². The van der Waals surface area contributed by atoms with E-state index in [2.05, 4.69) is 41.6 Å². The quantitative estimate of drug-likeness (QED) is 0.311. The topological polar surface area (TPSA) is 67.2 Å². The first-order valence-corrected chi connectivity index (χ1v) is 11.0. The van der Waals surface area contributed by atoms with E-state index in [1.165, 1.54) is 11.1 Å². The zero-order chi connectivity index (χ0) is 22.9. The van der Waals surface area contributed by atoms with Gasteiger partial charge in [0.05, 0.1) is 0 Å². The van der Waals surface area contributed by atoms with Gasteiger partial charge >= 0.3 is 0 Å². The summed E-state index contributed by atoms with van der Waals surface area (Å²) in [5, 5.41) is 8.09. The van der Waals surface area contributed by atoms with Gasteiger partial charge in [-0.3, -0.25) is 10.1 Å². The van der Waals surface area contributed by atoms with Crippen LogP contribution in [-0.2, 0) is 0 Å². The standard InChI is InChI=1S/C27H21N3O2S/c1-16-7-8-21(13-17(16)2)26-29-23-15-22(11-12-24(23)32-26)28-27(33)30-25(31)20-10-9-18-5-3-4-6-19(18)14-20/h3-15H,1-2H3,(H2,28,30,31,33). The molecule has 4 aromatic carbocycles. The van der Waals surface area contributed by atoms with Crippen LogP contribution < -0.4 is 10.6 Å². The number of carbonyl (C=O) groups excluding carboxylic acids is 1. The summed E-state index contributed by atoms with van der Waals surface area (Å²) in [6.45, 7) is 4.14. The first-order chi connectivity index (χ1) is 16.0. The van der Waals surface area contributed by atoms with Gasteiger partial charge < -0.3 is 9.73 Å². The molecule has 0 aliphatic rings. The van der Waals surface area contributed by atoms with E-state index >= 15 is 0 Å². The largest absolute Gasteiger partial charge is 0.436 e. The average Bonchev–Trinajstić information content (AvgIpc) is 3.24. The van der Waals surface area contributed by atoms with Gasteiger partial charge in [-0.25, -0.2) is 4.98 Å². The van der Waals surface area contributed by atoms with Gasteiger partial charge in [-0.05, 0) is 90.4 Å². The van der Waals surface area contributed by atoms with Crippen LogP contribution in [0.5, 0.6) is 0 Å². The average molecular weight is 452 g/mol. The van der Waals surface area contributed by atoms with Crippen LogP contribution in [0.25, 0.3) is 33.3 Å². The van der Waals surface area contributed by atoms with Crippen molar-refractivity contribution in [3.8, 4) is 11.5 Å². The monoisotopic (exact) mass is 451 g/mol. The van der Waals surface area contributed by atoms with Gasteiger partial charge in [0.2, 0.25) is 5.89 Å². The molecule has 0 radical (unpaired) electrons. The summed E-state index contributed by atoms with van der Waals surface area (Å²) in [5.74, 6) is 0.301. The van der Waals surface area contributed by atoms with Gasteiger partial charge in [-0.1, -0.05) is 36.4 Å². The molecule has 0 atom stereocenters. The molecule has 0 saturated carbocycles. The second-order valence-electron chi connectivity index (χ2n) is 7.97. The predicted molar refractivity (Wildman–Crippen MR) is 137 cm³/mol. The Morgan fingerprint density at radius 3 is 2.52 bits per heavy atom. The highest BCUT2D eigenvalue weighted by molar-refractivity contribution is 7.80. The van der Waals surface area contributed by atoms with E-state index in [1.807, 2.05) is 60.7 Å². The molecule has 0 aliphatic carbocycles. The van der Waals surface area contributed by atoms with Crippen molar-refractivity contribution in [3.63, 3.8) is 0 Å². The Balaban J connectivity index is 1.31. The molecule has 0 spiro atoms. The maximum absolute atomic E-state index is 12.6. The Morgan fingerprint density at radius 1 is 0.879 bits per heavy atom. The Morgan fingerprint density at radius 2 is 1.70 bits per heavy atom. The number of nitrogens with one attached hydrogen (secondary N) is 2. The van der Waals surface area contributed by atoms with Gasteiger partial charge in [0, 0.05) is 16.8 Å². The molecular weight excluding hydrogens is 430 g/mol. The number of thiocarbonyl (C=S) groups is 1. The zero-order valence-corrected chi connectivity index (χ0v) is 19.0. The summed E-state index contributed by atoms with van der Waals surface area (Å²) < 4.78 is 5.92. The van der Waals surface area contributed by atoms with Crippen molar-refractivity contribution in [2.75, 3.05) is 5.32 Å². The van der Waals surface area contributed by atoms with E-state index in [4.69, 9.17) is 16.6 Å². The van der Waals surface area contributed by atoms with Crippen molar-refractivity contribution >= 4 is 50.8 Å². The summed E-state index contributed by atoms with van der Waals surface area (Å²) in [4.78, 5) is 17.3. The molecule has 6 heteroatoms. The maximum atomic E-state index is 12.6. The van der Waals surface area contributed by atoms with E-state index in [0.717, 1.165) is 16.3 Å². The minimum atomic E-state index is -0.266.